The van der Waals surface area contributed by atoms with E-state index in [0.29, 0.717) is 24.2 Å². The largest absolute Gasteiger partial charge is 0.466 e. The number of halogens is 1. The molecule has 2 aromatic heterocycles. The van der Waals surface area contributed by atoms with Gasteiger partial charge in [-0.05, 0) is 37.7 Å². The number of hydrogen-bond acceptors (Lipinski definition) is 4. The molecule has 23 heavy (non-hydrogen) atoms. The molecule has 1 unspecified atom stereocenters. The van der Waals surface area contributed by atoms with Crippen molar-refractivity contribution in [3.05, 3.63) is 29.9 Å². The van der Waals surface area contributed by atoms with Crippen molar-refractivity contribution in [3.8, 4) is 0 Å². The van der Waals surface area contributed by atoms with Crippen molar-refractivity contribution < 1.29 is 13.9 Å². The van der Waals surface area contributed by atoms with Crippen LogP contribution in [0.25, 0.3) is 16.6 Å². The number of pyridine rings is 1. The normalized spacial score (nSPS) is 18.0. The fraction of sp³-hybridized carbons (Fsp3) is 0.471. The van der Waals surface area contributed by atoms with Crippen molar-refractivity contribution in [2.75, 3.05) is 6.61 Å². The quantitative estimate of drug-likeness (QED) is 0.812. The van der Waals surface area contributed by atoms with Crippen molar-refractivity contribution in [2.24, 2.45) is 13.0 Å². The third-order valence-corrected chi connectivity index (χ3v) is 4.32. The molecule has 6 heteroatoms. The lowest BCUT2D eigenvalue weighted by atomic mass is 9.84. The zero-order chi connectivity index (χ0) is 16.4. The molecule has 0 aliphatic heterocycles. The van der Waals surface area contributed by atoms with Crippen LogP contribution in [-0.2, 0) is 16.6 Å². The monoisotopic (exact) mass is 317 g/mol. The van der Waals surface area contributed by atoms with Crippen molar-refractivity contribution in [1.82, 2.24) is 14.8 Å². The van der Waals surface area contributed by atoms with Crippen molar-refractivity contribution in [3.63, 3.8) is 0 Å². The number of allylic oxidation sites excluding steroid dienone is 2. The summed E-state index contributed by atoms with van der Waals surface area (Å²) in [5, 5.41) is 4.90. The van der Waals surface area contributed by atoms with Crippen LogP contribution in [0.2, 0.25) is 0 Å². The Hall–Kier alpha value is -2.24. The van der Waals surface area contributed by atoms with Gasteiger partial charge in [0, 0.05) is 24.4 Å². The molecule has 0 N–H and O–H groups in total. The Kier molecular flexibility index (Phi) is 4.41. The van der Waals surface area contributed by atoms with Gasteiger partial charge in [0.25, 0.3) is 0 Å². The zero-order valence-electron chi connectivity index (χ0n) is 13.4. The van der Waals surface area contributed by atoms with E-state index in [1.54, 1.807) is 17.9 Å². The minimum absolute atomic E-state index is 0.154. The fourth-order valence-electron chi connectivity index (χ4n) is 3.15. The van der Waals surface area contributed by atoms with Crippen LogP contribution in [0.4, 0.5) is 4.39 Å². The van der Waals surface area contributed by atoms with Crippen LogP contribution in [0.15, 0.2) is 18.5 Å². The summed E-state index contributed by atoms with van der Waals surface area (Å²) in [7, 11) is 1.79. The van der Waals surface area contributed by atoms with E-state index < -0.39 is 0 Å². The number of ether oxygens (including phenoxy) is 1. The summed E-state index contributed by atoms with van der Waals surface area (Å²) in [4.78, 5) is 15.7. The Labute approximate surface area is 134 Å². The Morgan fingerprint density at radius 2 is 2.30 bits per heavy atom. The van der Waals surface area contributed by atoms with Gasteiger partial charge in [0.15, 0.2) is 5.65 Å². The maximum Gasteiger partial charge on any atom is 0.306 e. The molecule has 1 aliphatic carbocycles. The molecular weight excluding hydrogens is 297 g/mol. The number of carbonyl (C=O) groups excluding carboxylic acids is 1. The van der Waals surface area contributed by atoms with Gasteiger partial charge >= 0.3 is 5.97 Å². The predicted molar refractivity (Wildman–Crippen MR) is 85.0 cm³/mol. The highest BCUT2D eigenvalue weighted by atomic mass is 19.1. The second kappa shape index (κ2) is 6.48. The summed E-state index contributed by atoms with van der Waals surface area (Å²) in [6.45, 7) is 2.22. The van der Waals surface area contributed by atoms with Crippen LogP contribution in [0.3, 0.4) is 0 Å². The summed E-state index contributed by atoms with van der Waals surface area (Å²) >= 11 is 0. The van der Waals surface area contributed by atoms with Gasteiger partial charge in [0.2, 0.25) is 0 Å². The van der Waals surface area contributed by atoms with Crippen LogP contribution < -0.4 is 0 Å². The van der Waals surface area contributed by atoms with Gasteiger partial charge in [-0.25, -0.2) is 9.37 Å². The molecule has 0 saturated carbocycles. The van der Waals surface area contributed by atoms with E-state index in [4.69, 9.17) is 4.74 Å². The molecule has 1 aliphatic rings. The Bertz CT molecular complexity index is 767. The number of esters is 1. The molecule has 2 heterocycles. The maximum atomic E-state index is 14.3. The van der Waals surface area contributed by atoms with E-state index in [-0.39, 0.29) is 17.7 Å². The highest BCUT2D eigenvalue weighted by Crippen LogP contribution is 2.35. The number of nitrogens with zero attached hydrogens (tertiary/aromatic N) is 3. The average molecular weight is 317 g/mol. The van der Waals surface area contributed by atoms with Crippen LogP contribution in [-0.4, -0.2) is 27.3 Å². The van der Waals surface area contributed by atoms with Crippen molar-refractivity contribution >= 4 is 22.6 Å². The van der Waals surface area contributed by atoms with E-state index in [1.165, 1.54) is 6.20 Å². The summed E-state index contributed by atoms with van der Waals surface area (Å²) in [6.07, 6.45) is 7.75. The summed E-state index contributed by atoms with van der Waals surface area (Å²) in [6, 6.07) is 0. The standard InChI is InChI=1S/C17H20FN3O2/c1-3-23-15(22)8-11-4-6-12(7-5-11)16-13-9-20-21(2)17(13)19-10-14(16)18/h6,9-11H,3-5,7-8H2,1-2H3. The molecule has 0 spiro atoms. The SMILES string of the molecule is CCOC(=O)CC1CC=C(c2c(F)cnc3c2cnn3C)CC1. The number of carbonyl (C=O) groups is 1. The first kappa shape index (κ1) is 15.6. The molecule has 2 aromatic rings. The van der Waals surface area contributed by atoms with Gasteiger partial charge in [0.05, 0.1) is 19.0 Å². The van der Waals surface area contributed by atoms with Gasteiger partial charge < -0.3 is 4.74 Å². The smallest absolute Gasteiger partial charge is 0.306 e. The number of rotatable bonds is 4. The minimum Gasteiger partial charge on any atom is -0.466 e. The predicted octanol–water partition coefficient (Wildman–Crippen LogP) is 3.24. The number of aromatic nitrogens is 3. The van der Waals surface area contributed by atoms with E-state index >= 15 is 0 Å². The molecular formula is C17H20FN3O2. The van der Waals surface area contributed by atoms with Gasteiger partial charge in [-0.15, -0.1) is 0 Å². The summed E-state index contributed by atoms with van der Waals surface area (Å²) in [5.41, 5.74) is 2.25. The fourth-order valence-corrected chi connectivity index (χ4v) is 3.15. The van der Waals surface area contributed by atoms with Crippen molar-refractivity contribution in [1.29, 1.82) is 0 Å². The van der Waals surface area contributed by atoms with E-state index in [9.17, 15) is 9.18 Å². The number of fused-ring (bicyclic) bond motifs is 1. The first-order chi connectivity index (χ1) is 11.1. The van der Waals surface area contributed by atoms with Crippen molar-refractivity contribution in [2.45, 2.75) is 32.6 Å². The molecule has 1 atom stereocenters. The highest BCUT2D eigenvalue weighted by Gasteiger charge is 2.22. The summed E-state index contributed by atoms with van der Waals surface area (Å²) in [5.74, 6) is -0.202. The third kappa shape index (κ3) is 3.11. The molecule has 0 saturated heterocycles. The topological polar surface area (TPSA) is 57.0 Å². The molecule has 0 fully saturated rings. The highest BCUT2D eigenvalue weighted by molar-refractivity contribution is 5.90. The lowest BCUT2D eigenvalue weighted by molar-refractivity contribution is -0.144. The van der Waals surface area contributed by atoms with Crippen LogP contribution in [0, 0.1) is 11.7 Å². The maximum absolute atomic E-state index is 14.3. The molecule has 0 radical (unpaired) electrons. The molecule has 0 bridgehead atoms. The number of hydrogen-bond donors (Lipinski definition) is 0. The van der Waals surface area contributed by atoms with Crippen LogP contribution >= 0.6 is 0 Å². The molecule has 0 amide bonds. The zero-order valence-corrected chi connectivity index (χ0v) is 13.4. The molecule has 3 rings (SSSR count). The second-order valence-corrected chi connectivity index (χ2v) is 5.87. The average Bonchev–Trinajstić information content (AvgIpc) is 2.90. The minimum atomic E-state index is -0.319. The molecule has 122 valence electrons. The van der Waals surface area contributed by atoms with E-state index in [0.717, 1.165) is 30.2 Å². The van der Waals surface area contributed by atoms with E-state index in [1.807, 2.05) is 13.0 Å². The molecule has 5 nitrogen and oxygen atoms in total. The first-order valence-electron chi connectivity index (χ1n) is 7.91. The third-order valence-electron chi connectivity index (χ3n) is 4.32. The van der Waals surface area contributed by atoms with E-state index in [2.05, 4.69) is 10.1 Å². The first-order valence-corrected chi connectivity index (χ1v) is 7.91. The van der Waals surface area contributed by atoms with Gasteiger partial charge in [-0.1, -0.05) is 6.08 Å². The Morgan fingerprint density at radius 1 is 1.48 bits per heavy atom. The lowest BCUT2D eigenvalue weighted by Crippen LogP contribution is -2.14. The Morgan fingerprint density at radius 3 is 3.00 bits per heavy atom. The second-order valence-electron chi connectivity index (χ2n) is 5.87. The van der Waals surface area contributed by atoms with Gasteiger partial charge in [-0.2, -0.15) is 5.10 Å². The Balaban J connectivity index is 1.83. The number of aryl methyl sites for hydroxylation is 1. The summed E-state index contributed by atoms with van der Waals surface area (Å²) < 4.78 is 20.9. The van der Waals surface area contributed by atoms with Crippen LogP contribution in [0.1, 0.15) is 38.2 Å². The van der Waals surface area contributed by atoms with Crippen LogP contribution in [0.5, 0.6) is 0 Å². The van der Waals surface area contributed by atoms with Gasteiger partial charge in [0.1, 0.15) is 5.82 Å². The van der Waals surface area contributed by atoms with Gasteiger partial charge in [-0.3, -0.25) is 9.48 Å². The lowest BCUT2D eigenvalue weighted by Gasteiger charge is -2.22. The molecule has 0 aromatic carbocycles.